The summed E-state index contributed by atoms with van der Waals surface area (Å²) >= 11 is 0. The summed E-state index contributed by atoms with van der Waals surface area (Å²) in [5, 5.41) is 6.25. The average Bonchev–Trinajstić information content (AvgIpc) is 2.74. The Bertz CT molecular complexity index is 481. The molecule has 0 amide bonds. The van der Waals surface area contributed by atoms with Gasteiger partial charge in [-0.05, 0) is 32.0 Å². The first-order valence-electron chi connectivity index (χ1n) is 5.64. The summed E-state index contributed by atoms with van der Waals surface area (Å²) in [6, 6.07) is 5.73. The highest BCUT2D eigenvalue weighted by atomic mass is 16.3. The summed E-state index contributed by atoms with van der Waals surface area (Å²) in [6.07, 6.45) is 1.72. The van der Waals surface area contributed by atoms with Crippen LogP contribution in [0, 0.1) is 6.92 Å². The summed E-state index contributed by atoms with van der Waals surface area (Å²) in [4.78, 5) is 8.41. The largest absolute Gasteiger partial charge is 0.465 e. The Morgan fingerprint density at radius 1 is 1.24 bits per heavy atom. The van der Waals surface area contributed by atoms with Gasteiger partial charge in [0, 0.05) is 12.7 Å². The van der Waals surface area contributed by atoms with Crippen LogP contribution in [-0.2, 0) is 6.54 Å². The molecule has 0 fully saturated rings. The Balaban J connectivity index is 1.96. The van der Waals surface area contributed by atoms with Crippen molar-refractivity contribution in [1.29, 1.82) is 0 Å². The summed E-state index contributed by atoms with van der Waals surface area (Å²) in [5.41, 5.74) is 0. The molecule has 90 valence electrons. The number of aryl methyl sites for hydroxylation is 1. The Morgan fingerprint density at radius 3 is 2.82 bits per heavy atom. The zero-order valence-electron chi connectivity index (χ0n) is 10.0. The lowest BCUT2D eigenvalue weighted by atomic mass is 10.4. The molecule has 0 bridgehead atoms. The van der Waals surface area contributed by atoms with Gasteiger partial charge in [-0.15, -0.1) is 0 Å². The topological polar surface area (TPSA) is 63.0 Å². The molecule has 0 aliphatic rings. The zero-order chi connectivity index (χ0) is 12.1. The highest BCUT2D eigenvalue weighted by Gasteiger charge is 2.00. The quantitative estimate of drug-likeness (QED) is 0.829. The maximum absolute atomic E-state index is 5.46. The van der Waals surface area contributed by atoms with Crippen molar-refractivity contribution in [2.75, 3.05) is 17.2 Å². The standard InChI is InChI=1S/C12H16N4O/c1-3-13-12-14-7-6-11(16-12)15-8-10-5-4-9(2)17-10/h4-7H,3,8H2,1-2H3,(H2,13,14,15,16). The van der Waals surface area contributed by atoms with Crippen molar-refractivity contribution in [3.05, 3.63) is 35.9 Å². The lowest BCUT2D eigenvalue weighted by Gasteiger charge is -2.05. The van der Waals surface area contributed by atoms with E-state index in [-0.39, 0.29) is 0 Å². The molecule has 17 heavy (non-hydrogen) atoms. The van der Waals surface area contributed by atoms with Crippen LogP contribution >= 0.6 is 0 Å². The molecule has 0 aliphatic carbocycles. The van der Waals surface area contributed by atoms with Crippen LogP contribution in [0.25, 0.3) is 0 Å². The molecular formula is C12H16N4O. The van der Waals surface area contributed by atoms with E-state index in [1.807, 2.05) is 32.0 Å². The van der Waals surface area contributed by atoms with Gasteiger partial charge in [-0.1, -0.05) is 0 Å². The molecule has 0 aromatic carbocycles. The predicted molar refractivity (Wildman–Crippen MR) is 67.0 cm³/mol. The molecule has 0 atom stereocenters. The van der Waals surface area contributed by atoms with Crippen molar-refractivity contribution in [2.45, 2.75) is 20.4 Å². The van der Waals surface area contributed by atoms with Gasteiger partial charge in [-0.3, -0.25) is 0 Å². The summed E-state index contributed by atoms with van der Waals surface area (Å²) in [7, 11) is 0. The third-order valence-corrected chi connectivity index (χ3v) is 2.23. The second-order valence-electron chi connectivity index (χ2n) is 3.66. The van der Waals surface area contributed by atoms with E-state index < -0.39 is 0 Å². The van der Waals surface area contributed by atoms with E-state index in [4.69, 9.17) is 4.42 Å². The summed E-state index contributed by atoms with van der Waals surface area (Å²) in [5.74, 6) is 3.22. The van der Waals surface area contributed by atoms with Gasteiger partial charge in [0.25, 0.3) is 0 Å². The molecular weight excluding hydrogens is 216 g/mol. The van der Waals surface area contributed by atoms with Crippen LogP contribution in [-0.4, -0.2) is 16.5 Å². The third-order valence-electron chi connectivity index (χ3n) is 2.23. The molecule has 2 N–H and O–H groups in total. The molecule has 0 radical (unpaired) electrons. The fourth-order valence-electron chi connectivity index (χ4n) is 1.46. The van der Waals surface area contributed by atoms with Crippen LogP contribution in [0.5, 0.6) is 0 Å². The number of rotatable bonds is 5. The van der Waals surface area contributed by atoms with Crippen molar-refractivity contribution in [1.82, 2.24) is 9.97 Å². The Labute approximate surface area is 100 Å². The van der Waals surface area contributed by atoms with Gasteiger partial charge in [0.05, 0.1) is 6.54 Å². The molecule has 2 heterocycles. The Kier molecular flexibility index (Phi) is 3.59. The van der Waals surface area contributed by atoms with E-state index in [0.29, 0.717) is 12.5 Å². The fraction of sp³-hybridized carbons (Fsp3) is 0.333. The van der Waals surface area contributed by atoms with Crippen molar-refractivity contribution in [3.8, 4) is 0 Å². The van der Waals surface area contributed by atoms with Crippen LogP contribution < -0.4 is 10.6 Å². The van der Waals surface area contributed by atoms with Gasteiger partial charge in [-0.2, -0.15) is 4.98 Å². The number of furan rings is 1. The maximum atomic E-state index is 5.46. The lowest BCUT2D eigenvalue weighted by Crippen LogP contribution is -2.05. The minimum absolute atomic E-state index is 0.621. The smallest absolute Gasteiger partial charge is 0.224 e. The minimum Gasteiger partial charge on any atom is -0.465 e. The molecule has 5 nitrogen and oxygen atoms in total. The molecule has 2 rings (SSSR count). The number of aromatic nitrogens is 2. The molecule has 2 aromatic rings. The third kappa shape index (κ3) is 3.21. The second-order valence-corrected chi connectivity index (χ2v) is 3.66. The Hall–Kier alpha value is -2.04. The van der Waals surface area contributed by atoms with E-state index in [1.54, 1.807) is 6.20 Å². The van der Waals surface area contributed by atoms with Gasteiger partial charge in [0.1, 0.15) is 17.3 Å². The van der Waals surface area contributed by atoms with Gasteiger partial charge < -0.3 is 15.1 Å². The summed E-state index contributed by atoms with van der Waals surface area (Å²) in [6.45, 7) is 5.36. The van der Waals surface area contributed by atoms with E-state index in [2.05, 4.69) is 20.6 Å². The molecule has 5 heteroatoms. The van der Waals surface area contributed by atoms with Crippen LogP contribution in [0.15, 0.2) is 28.8 Å². The van der Waals surface area contributed by atoms with Crippen molar-refractivity contribution < 1.29 is 4.42 Å². The van der Waals surface area contributed by atoms with Gasteiger partial charge in [0.2, 0.25) is 5.95 Å². The first-order valence-corrected chi connectivity index (χ1v) is 5.64. The van der Waals surface area contributed by atoms with E-state index in [9.17, 15) is 0 Å². The van der Waals surface area contributed by atoms with Crippen LogP contribution in [0.1, 0.15) is 18.4 Å². The fourth-order valence-corrected chi connectivity index (χ4v) is 1.46. The first-order chi connectivity index (χ1) is 8.28. The van der Waals surface area contributed by atoms with E-state index in [1.165, 1.54) is 0 Å². The highest BCUT2D eigenvalue weighted by Crippen LogP contribution is 2.10. The van der Waals surface area contributed by atoms with E-state index >= 15 is 0 Å². The van der Waals surface area contributed by atoms with Crippen molar-refractivity contribution >= 4 is 11.8 Å². The van der Waals surface area contributed by atoms with Gasteiger partial charge in [0.15, 0.2) is 0 Å². The summed E-state index contributed by atoms with van der Waals surface area (Å²) < 4.78 is 5.46. The maximum Gasteiger partial charge on any atom is 0.224 e. The SMILES string of the molecule is CCNc1nccc(NCc2ccc(C)o2)n1. The van der Waals surface area contributed by atoms with Gasteiger partial charge >= 0.3 is 0 Å². The van der Waals surface area contributed by atoms with Gasteiger partial charge in [-0.25, -0.2) is 4.98 Å². The number of nitrogens with zero attached hydrogens (tertiary/aromatic N) is 2. The average molecular weight is 232 g/mol. The molecule has 2 aromatic heterocycles. The lowest BCUT2D eigenvalue weighted by molar-refractivity contribution is 0.490. The molecule has 0 saturated carbocycles. The predicted octanol–water partition coefficient (Wildman–Crippen LogP) is 2.42. The van der Waals surface area contributed by atoms with Crippen LogP contribution in [0.4, 0.5) is 11.8 Å². The molecule has 0 aliphatic heterocycles. The second kappa shape index (κ2) is 5.34. The van der Waals surface area contributed by atoms with Crippen molar-refractivity contribution in [2.24, 2.45) is 0 Å². The zero-order valence-corrected chi connectivity index (χ0v) is 10.0. The molecule has 0 saturated heterocycles. The minimum atomic E-state index is 0.621. The number of hydrogen-bond donors (Lipinski definition) is 2. The number of hydrogen-bond acceptors (Lipinski definition) is 5. The first kappa shape index (κ1) is 11.4. The van der Waals surface area contributed by atoms with E-state index in [0.717, 1.165) is 23.9 Å². The van der Waals surface area contributed by atoms with Crippen LogP contribution in [0.3, 0.4) is 0 Å². The number of nitrogens with one attached hydrogen (secondary N) is 2. The van der Waals surface area contributed by atoms with Crippen molar-refractivity contribution in [3.63, 3.8) is 0 Å². The normalized spacial score (nSPS) is 10.2. The monoisotopic (exact) mass is 232 g/mol. The number of anilines is 2. The van der Waals surface area contributed by atoms with Crippen LogP contribution in [0.2, 0.25) is 0 Å². The molecule has 0 spiro atoms. The molecule has 0 unspecified atom stereocenters. The Morgan fingerprint density at radius 2 is 2.12 bits per heavy atom. The highest BCUT2D eigenvalue weighted by molar-refractivity contribution is 5.39.